The van der Waals surface area contributed by atoms with Gasteiger partial charge in [-0.3, -0.25) is 0 Å². The van der Waals surface area contributed by atoms with Crippen LogP contribution in [0.15, 0.2) is 6.07 Å². The van der Waals surface area contributed by atoms with E-state index in [1.54, 1.807) is 13.0 Å². The number of hydrogen-bond acceptors (Lipinski definition) is 6. The fraction of sp³-hybridized carbons (Fsp3) is 0.556. The average Bonchev–Trinajstić information content (AvgIpc) is 2.20. The summed E-state index contributed by atoms with van der Waals surface area (Å²) in [6, 6.07) is 1.77. The van der Waals surface area contributed by atoms with Crippen molar-refractivity contribution < 1.29 is 5.11 Å². The number of nitrogens with two attached hydrogens (primary N) is 1. The lowest BCUT2D eigenvalue weighted by Gasteiger charge is -2.11. The van der Waals surface area contributed by atoms with Gasteiger partial charge in [0, 0.05) is 19.0 Å². The van der Waals surface area contributed by atoms with E-state index in [4.69, 9.17) is 5.84 Å². The second-order valence-corrected chi connectivity index (χ2v) is 3.32. The molecule has 1 aromatic heterocycles. The van der Waals surface area contributed by atoms with E-state index in [0.717, 1.165) is 17.9 Å². The molecule has 1 rings (SSSR count). The largest absolute Gasteiger partial charge is 0.393 e. The normalized spacial score (nSPS) is 10.8. The summed E-state index contributed by atoms with van der Waals surface area (Å²) >= 11 is 0. The van der Waals surface area contributed by atoms with Gasteiger partial charge in [-0.1, -0.05) is 0 Å². The average molecular weight is 284 g/mol. The van der Waals surface area contributed by atoms with E-state index in [1.807, 2.05) is 6.92 Å². The summed E-state index contributed by atoms with van der Waals surface area (Å²) < 4.78 is 0. The summed E-state index contributed by atoms with van der Waals surface area (Å²) in [6.45, 7) is 4.48. The first kappa shape index (κ1) is 18.5. The maximum atomic E-state index is 9.29. The van der Waals surface area contributed by atoms with Crippen LogP contribution in [0.5, 0.6) is 0 Å². The third-order valence-corrected chi connectivity index (χ3v) is 1.87. The number of aromatic nitrogens is 2. The van der Waals surface area contributed by atoms with Crippen LogP contribution in [0.2, 0.25) is 0 Å². The third kappa shape index (κ3) is 5.88. The van der Waals surface area contributed by atoms with Gasteiger partial charge in [-0.05, 0) is 13.8 Å². The number of nitrogens with one attached hydrogen (secondary N) is 2. The predicted octanol–water partition coefficient (Wildman–Crippen LogP) is 0.961. The number of hydrazine groups is 1. The quantitative estimate of drug-likeness (QED) is 0.475. The topological polar surface area (TPSA) is 96.1 Å². The molecule has 0 aromatic carbocycles. The van der Waals surface area contributed by atoms with Gasteiger partial charge in [-0.2, -0.15) is 5.10 Å². The van der Waals surface area contributed by atoms with Gasteiger partial charge in [0.15, 0.2) is 5.82 Å². The fourth-order valence-electron chi connectivity index (χ4n) is 1.26. The number of aliphatic hydroxyl groups excluding tert-OH is 1. The molecule has 0 aliphatic heterocycles. The maximum Gasteiger partial charge on any atom is 0.164 e. The number of anilines is 2. The fourth-order valence-corrected chi connectivity index (χ4v) is 1.26. The van der Waals surface area contributed by atoms with Gasteiger partial charge >= 0.3 is 0 Å². The standard InChI is InChI=1S/C9H17N5O.2ClH/c1-3-11-7-5-9(12-10)14-13-8(7)4-6(2)15;;/h5-6,15H,3-4,10H2,1-2H3,(H2,11,12,14);2*1H. The minimum absolute atomic E-state index is 0. The molecule has 1 unspecified atom stereocenters. The molecule has 0 amide bonds. The molecule has 5 N–H and O–H groups in total. The van der Waals surface area contributed by atoms with Crippen molar-refractivity contribution >= 4 is 36.3 Å². The molecule has 1 atom stereocenters. The summed E-state index contributed by atoms with van der Waals surface area (Å²) in [4.78, 5) is 0. The highest BCUT2D eigenvalue weighted by atomic mass is 35.5. The summed E-state index contributed by atoms with van der Waals surface area (Å²) in [5, 5.41) is 20.3. The highest BCUT2D eigenvalue weighted by molar-refractivity contribution is 5.85. The first-order chi connectivity index (χ1) is 7.17. The zero-order valence-electron chi connectivity index (χ0n) is 9.80. The van der Waals surface area contributed by atoms with Crippen LogP contribution in [0, 0.1) is 0 Å². The monoisotopic (exact) mass is 283 g/mol. The van der Waals surface area contributed by atoms with E-state index in [1.165, 1.54) is 0 Å². The number of halogens is 2. The van der Waals surface area contributed by atoms with E-state index >= 15 is 0 Å². The molecule has 0 fully saturated rings. The van der Waals surface area contributed by atoms with Crippen LogP contribution >= 0.6 is 24.8 Å². The van der Waals surface area contributed by atoms with Crippen LogP contribution < -0.4 is 16.6 Å². The number of hydrogen-bond donors (Lipinski definition) is 4. The molecule has 0 aliphatic rings. The Kier molecular flexibility index (Phi) is 10.1. The van der Waals surface area contributed by atoms with Crippen LogP contribution in [0.1, 0.15) is 19.5 Å². The number of nitrogens with zero attached hydrogens (tertiary/aromatic N) is 2. The number of aliphatic hydroxyl groups is 1. The van der Waals surface area contributed by atoms with Crippen molar-refractivity contribution in [3.8, 4) is 0 Å². The van der Waals surface area contributed by atoms with Crippen LogP contribution in [0.3, 0.4) is 0 Å². The lowest BCUT2D eigenvalue weighted by molar-refractivity contribution is 0.194. The van der Waals surface area contributed by atoms with Crippen molar-refractivity contribution in [3.63, 3.8) is 0 Å². The maximum absolute atomic E-state index is 9.29. The van der Waals surface area contributed by atoms with E-state index in [-0.39, 0.29) is 24.8 Å². The molecule has 100 valence electrons. The van der Waals surface area contributed by atoms with Crippen molar-refractivity contribution in [2.24, 2.45) is 5.84 Å². The highest BCUT2D eigenvalue weighted by Gasteiger charge is 2.08. The molecule has 17 heavy (non-hydrogen) atoms. The summed E-state index contributed by atoms with van der Waals surface area (Å²) in [6.07, 6.45) is 0.0357. The lowest BCUT2D eigenvalue weighted by atomic mass is 10.2. The Labute approximate surface area is 113 Å². The van der Waals surface area contributed by atoms with Crippen molar-refractivity contribution in [2.45, 2.75) is 26.4 Å². The zero-order chi connectivity index (χ0) is 11.3. The Hall–Kier alpha value is -0.820. The Morgan fingerprint density at radius 1 is 1.41 bits per heavy atom. The van der Waals surface area contributed by atoms with Crippen molar-refractivity contribution in [3.05, 3.63) is 11.8 Å². The van der Waals surface area contributed by atoms with Crippen molar-refractivity contribution in [1.29, 1.82) is 0 Å². The van der Waals surface area contributed by atoms with Crippen LogP contribution in [0.4, 0.5) is 11.5 Å². The van der Waals surface area contributed by atoms with Gasteiger partial charge in [-0.25, -0.2) is 5.84 Å². The Morgan fingerprint density at radius 2 is 2.06 bits per heavy atom. The van der Waals surface area contributed by atoms with Gasteiger partial charge in [-0.15, -0.1) is 29.9 Å². The SMILES string of the molecule is CCNc1cc(NN)nnc1CC(C)O.Cl.Cl. The second kappa shape index (κ2) is 9.23. The molecule has 0 bridgehead atoms. The molecule has 0 spiro atoms. The Bertz CT molecular complexity index is 324. The van der Waals surface area contributed by atoms with E-state index in [2.05, 4.69) is 20.9 Å². The number of rotatable bonds is 5. The Morgan fingerprint density at radius 3 is 2.53 bits per heavy atom. The summed E-state index contributed by atoms with van der Waals surface area (Å²) in [5.74, 6) is 5.74. The van der Waals surface area contributed by atoms with Gasteiger partial charge in [0.05, 0.1) is 17.5 Å². The van der Waals surface area contributed by atoms with E-state index in [0.29, 0.717) is 12.2 Å². The van der Waals surface area contributed by atoms with Crippen molar-refractivity contribution in [2.75, 3.05) is 17.3 Å². The first-order valence-electron chi connectivity index (χ1n) is 4.92. The molecule has 8 heteroatoms. The molecule has 0 radical (unpaired) electrons. The molecule has 6 nitrogen and oxygen atoms in total. The summed E-state index contributed by atoms with van der Waals surface area (Å²) in [5.41, 5.74) is 4.02. The van der Waals surface area contributed by atoms with E-state index < -0.39 is 6.10 Å². The van der Waals surface area contributed by atoms with Crippen LogP contribution in [-0.2, 0) is 6.42 Å². The molecule has 0 aliphatic carbocycles. The van der Waals surface area contributed by atoms with Crippen LogP contribution in [0.25, 0.3) is 0 Å². The van der Waals surface area contributed by atoms with Gasteiger partial charge in [0.25, 0.3) is 0 Å². The first-order valence-corrected chi connectivity index (χ1v) is 4.92. The number of nitrogen functional groups attached to an aromatic ring is 1. The third-order valence-electron chi connectivity index (χ3n) is 1.87. The van der Waals surface area contributed by atoms with Gasteiger partial charge < -0.3 is 15.8 Å². The summed E-state index contributed by atoms with van der Waals surface area (Å²) in [7, 11) is 0. The van der Waals surface area contributed by atoms with Gasteiger partial charge in [0.2, 0.25) is 0 Å². The molecule has 0 saturated carbocycles. The Balaban J connectivity index is 0. The highest BCUT2D eigenvalue weighted by Crippen LogP contribution is 2.16. The second-order valence-electron chi connectivity index (χ2n) is 3.32. The van der Waals surface area contributed by atoms with Crippen LogP contribution in [-0.4, -0.2) is 28.0 Å². The lowest BCUT2D eigenvalue weighted by Crippen LogP contribution is -2.14. The predicted molar refractivity (Wildman–Crippen MR) is 73.9 cm³/mol. The minimum atomic E-state index is -0.437. The van der Waals surface area contributed by atoms with Crippen molar-refractivity contribution in [1.82, 2.24) is 10.2 Å². The van der Waals surface area contributed by atoms with E-state index in [9.17, 15) is 5.11 Å². The zero-order valence-corrected chi connectivity index (χ0v) is 11.4. The molecule has 0 saturated heterocycles. The molecule has 1 aromatic rings. The molecule has 1 heterocycles. The van der Waals surface area contributed by atoms with Gasteiger partial charge in [0.1, 0.15) is 0 Å². The minimum Gasteiger partial charge on any atom is -0.393 e. The smallest absolute Gasteiger partial charge is 0.164 e. The molecular weight excluding hydrogens is 265 g/mol. The molecular formula is C9H19Cl2N5O.